The van der Waals surface area contributed by atoms with Crippen molar-refractivity contribution >= 4 is 6.16 Å². The molecule has 0 amide bonds. The predicted octanol–water partition coefficient (Wildman–Crippen LogP) is 22.6. The van der Waals surface area contributed by atoms with E-state index in [1.807, 2.05) is 0 Å². The number of ether oxygens (including phenoxy) is 2. The average Bonchev–Trinajstić information content (AvgIpc) is 3.36. The lowest BCUT2D eigenvalue weighted by atomic mass is 9.88. The van der Waals surface area contributed by atoms with Crippen molar-refractivity contribution in [2.24, 2.45) is 11.8 Å². The molecule has 0 aromatic rings. The minimum atomic E-state index is -0.374. The number of carbonyl (C=O) groups is 1. The summed E-state index contributed by atoms with van der Waals surface area (Å²) >= 11 is 0. The van der Waals surface area contributed by atoms with Crippen molar-refractivity contribution in [3.8, 4) is 0 Å². The molecular weight excluding hydrogens is 881 g/mol. The quantitative estimate of drug-likeness (QED) is 0.0449. The minimum absolute atomic E-state index is 0.00691. The van der Waals surface area contributed by atoms with Crippen LogP contribution in [0.3, 0.4) is 0 Å². The molecule has 0 radical (unpaired) electrons. The van der Waals surface area contributed by atoms with Gasteiger partial charge in [-0.3, -0.25) is 0 Å². The van der Waals surface area contributed by atoms with Crippen molar-refractivity contribution in [1.29, 1.82) is 0 Å². The molecule has 0 aliphatic heterocycles. The Kier molecular flexibility index (Phi) is 54.3. The lowest BCUT2D eigenvalue weighted by Crippen LogP contribution is -2.34. The van der Waals surface area contributed by atoms with Crippen LogP contribution in [0.15, 0.2) is 0 Å². The third-order valence-electron chi connectivity index (χ3n) is 17.3. The van der Waals surface area contributed by atoms with Crippen LogP contribution < -0.4 is 0 Å². The fourth-order valence-corrected chi connectivity index (χ4v) is 12.5. The fourth-order valence-electron chi connectivity index (χ4n) is 12.5. The number of unbranched alkanes of at least 4 members (excludes halogenated alkanes) is 36. The highest BCUT2D eigenvalue weighted by atomic mass is 16.7. The van der Waals surface area contributed by atoms with Crippen molar-refractivity contribution in [2.45, 2.75) is 387 Å². The molecule has 0 aromatic carbocycles. The van der Waals surface area contributed by atoms with Crippen LogP contribution in [0, 0.1) is 11.8 Å². The van der Waals surface area contributed by atoms with Gasteiger partial charge in [0, 0.05) is 12.1 Å². The van der Waals surface area contributed by atoms with Crippen LogP contribution in [0.5, 0.6) is 0 Å². The van der Waals surface area contributed by atoms with E-state index in [9.17, 15) is 4.79 Å². The van der Waals surface area contributed by atoms with E-state index in [1.54, 1.807) is 0 Å². The van der Waals surface area contributed by atoms with Crippen LogP contribution in [-0.2, 0) is 9.47 Å². The van der Waals surface area contributed by atoms with Crippen LogP contribution in [0.1, 0.15) is 363 Å². The molecule has 432 valence electrons. The van der Waals surface area contributed by atoms with Crippen molar-refractivity contribution in [3.05, 3.63) is 0 Å². The molecule has 72 heavy (non-hydrogen) atoms. The molecule has 0 aliphatic rings. The lowest BCUT2D eigenvalue weighted by molar-refractivity contribution is -0.0121. The van der Waals surface area contributed by atoms with Crippen LogP contribution in [0.4, 0.5) is 4.79 Å². The molecule has 0 saturated carbocycles. The topological polar surface area (TPSA) is 42.0 Å². The number of hydrogen-bond donors (Lipinski definition) is 0. The Balaban J connectivity index is 5.18. The van der Waals surface area contributed by atoms with E-state index in [1.165, 1.54) is 270 Å². The number of rotatable bonds is 58. The molecule has 0 bridgehead atoms. The molecule has 6 unspecified atom stereocenters. The molecule has 0 aromatic heterocycles. The SMILES string of the molecule is CCCCCCCCCCCCCCCCCC(CCCCCCCC(CC)C(CC)N(C)C)OC(=O)OC(CCCCCCCCCCCCCCCCC)CCCCCCCC(CC)C(CC)N(C)C. The van der Waals surface area contributed by atoms with E-state index in [-0.39, 0.29) is 18.4 Å². The zero-order valence-corrected chi connectivity index (χ0v) is 51.4. The maximum atomic E-state index is 13.7. The molecule has 0 N–H and O–H groups in total. The summed E-state index contributed by atoms with van der Waals surface area (Å²) in [5.41, 5.74) is 0. The monoisotopic (exact) mass is 1020 g/mol. The second-order valence-electron chi connectivity index (χ2n) is 24.1. The Morgan fingerprint density at radius 1 is 0.278 bits per heavy atom. The zero-order valence-electron chi connectivity index (χ0n) is 51.4. The van der Waals surface area contributed by atoms with Gasteiger partial charge in [-0.05, 0) is 117 Å². The smallest absolute Gasteiger partial charge is 0.431 e. The van der Waals surface area contributed by atoms with Crippen LogP contribution in [0.2, 0.25) is 0 Å². The lowest BCUT2D eigenvalue weighted by Gasteiger charge is -2.31. The van der Waals surface area contributed by atoms with Gasteiger partial charge >= 0.3 is 6.16 Å². The first-order valence-electron chi connectivity index (χ1n) is 33.4. The molecule has 0 heterocycles. The van der Waals surface area contributed by atoms with Gasteiger partial charge in [-0.1, -0.05) is 286 Å². The first-order chi connectivity index (χ1) is 35.2. The molecule has 0 saturated heterocycles. The van der Waals surface area contributed by atoms with Gasteiger partial charge in [0.1, 0.15) is 12.2 Å². The molecule has 6 atom stereocenters. The number of nitrogens with zero attached hydrogens (tertiary/aromatic N) is 2. The summed E-state index contributed by atoms with van der Waals surface area (Å²) in [6.07, 6.45) is 65.3. The van der Waals surface area contributed by atoms with Gasteiger partial charge in [0.05, 0.1) is 0 Å². The fraction of sp³-hybridized carbons (Fsp3) is 0.985. The van der Waals surface area contributed by atoms with Crippen molar-refractivity contribution in [2.75, 3.05) is 28.2 Å². The van der Waals surface area contributed by atoms with Crippen molar-refractivity contribution in [1.82, 2.24) is 9.80 Å². The van der Waals surface area contributed by atoms with Gasteiger partial charge in [-0.2, -0.15) is 0 Å². The molecule has 0 spiro atoms. The average molecular weight is 1020 g/mol. The third kappa shape index (κ3) is 44.3. The highest BCUT2D eigenvalue weighted by molar-refractivity contribution is 5.60. The Hall–Kier alpha value is -0.810. The molecule has 0 aliphatic carbocycles. The van der Waals surface area contributed by atoms with Crippen molar-refractivity contribution in [3.63, 3.8) is 0 Å². The van der Waals surface area contributed by atoms with E-state index in [4.69, 9.17) is 9.47 Å². The Morgan fingerprint density at radius 3 is 0.653 bits per heavy atom. The van der Waals surface area contributed by atoms with E-state index in [0.29, 0.717) is 12.1 Å². The Morgan fingerprint density at radius 2 is 0.472 bits per heavy atom. The van der Waals surface area contributed by atoms with E-state index in [0.717, 1.165) is 63.2 Å². The van der Waals surface area contributed by atoms with Crippen LogP contribution in [0.25, 0.3) is 0 Å². The number of hydrogen-bond acceptors (Lipinski definition) is 5. The first kappa shape index (κ1) is 71.2. The van der Waals surface area contributed by atoms with E-state index in [2.05, 4.69) is 79.5 Å². The van der Waals surface area contributed by atoms with E-state index < -0.39 is 0 Å². The largest absolute Gasteiger partial charge is 0.508 e. The summed E-state index contributed by atoms with van der Waals surface area (Å²) < 4.78 is 12.7. The summed E-state index contributed by atoms with van der Waals surface area (Å²) in [5, 5.41) is 0. The van der Waals surface area contributed by atoms with Gasteiger partial charge < -0.3 is 19.3 Å². The van der Waals surface area contributed by atoms with Crippen LogP contribution in [-0.4, -0.2) is 68.4 Å². The Labute approximate surface area is 455 Å². The summed E-state index contributed by atoms with van der Waals surface area (Å²) in [4.78, 5) is 18.6. The summed E-state index contributed by atoms with van der Waals surface area (Å²) in [6.45, 7) is 14.1. The molecular formula is C67H136N2O3. The predicted molar refractivity (Wildman–Crippen MR) is 322 cm³/mol. The normalized spacial score (nSPS) is 14.5. The zero-order chi connectivity index (χ0) is 53.0. The third-order valence-corrected chi connectivity index (χ3v) is 17.3. The maximum Gasteiger partial charge on any atom is 0.508 e. The van der Waals surface area contributed by atoms with Gasteiger partial charge in [-0.25, -0.2) is 4.79 Å². The van der Waals surface area contributed by atoms with Crippen molar-refractivity contribution < 1.29 is 14.3 Å². The molecule has 0 fully saturated rings. The van der Waals surface area contributed by atoms with Gasteiger partial charge in [-0.15, -0.1) is 0 Å². The standard InChI is InChI=1S/C67H136N2O3/c1-11-17-19-21-23-25-27-29-31-33-35-37-39-45-51-57-63(59-53-47-41-43-49-55-61(13-3)65(15-5)68(7)8)71-67(70)72-64(60-54-48-42-44-50-56-62(14-4)66(16-6)69(9)10)58-52-46-40-38-36-34-32-30-28-26-24-22-20-18-12-2/h61-66H,11-60H2,1-10H3. The van der Waals surface area contributed by atoms with Gasteiger partial charge in [0.15, 0.2) is 0 Å². The van der Waals surface area contributed by atoms with Gasteiger partial charge in [0.25, 0.3) is 0 Å². The number of carbonyl (C=O) groups excluding carboxylic acids is 1. The second-order valence-corrected chi connectivity index (χ2v) is 24.1. The second kappa shape index (κ2) is 55.0. The maximum absolute atomic E-state index is 13.7. The van der Waals surface area contributed by atoms with Crippen LogP contribution >= 0.6 is 0 Å². The molecule has 5 heteroatoms. The highest BCUT2D eigenvalue weighted by Gasteiger charge is 2.22. The summed E-state index contributed by atoms with van der Waals surface area (Å²) in [6, 6.07) is 1.40. The molecule has 0 rings (SSSR count). The first-order valence-corrected chi connectivity index (χ1v) is 33.4. The minimum Gasteiger partial charge on any atom is -0.431 e. The highest BCUT2D eigenvalue weighted by Crippen LogP contribution is 2.27. The summed E-state index contributed by atoms with van der Waals surface area (Å²) in [7, 11) is 9.02. The Bertz CT molecular complexity index is 986. The molecule has 5 nitrogen and oxygen atoms in total. The summed E-state index contributed by atoms with van der Waals surface area (Å²) in [5.74, 6) is 1.61. The van der Waals surface area contributed by atoms with E-state index >= 15 is 0 Å². The van der Waals surface area contributed by atoms with Gasteiger partial charge in [0.2, 0.25) is 0 Å².